The van der Waals surface area contributed by atoms with Gasteiger partial charge in [-0.3, -0.25) is 5.21 Å². The molecule has 0 spiro atoms. The van der Waals surface area contributed by atoms with Gasteiger partial charge in [-0.05, 0) is 24.3 Å². The van der Waals surface area contributed by atoms with Crippen molar-refractivity contribution >= 4 is 21.9 Å². The van der Waals surface area contributed by atoms with Crippen LogP contribution in [-0.2, 0) is 9.84 Å². The highest BCUT2D eigenvalue weighted by molar-refractivity contribution is 7.90. The second kappa shape index (κ2) is 7.22. The molecule has 0 radical (unpaired) electrons. The van der Waals surface area contributed by atoms with E-state index in [1.54, 1.807) is 24.3 Å². The number of oxazole rings is 1. The molecule has 2 N–H and O–H groups in total. The van der Waals surface area contributed by atoms with E-state index in [1.165, 1.54) is 19.2 Å². The Kier molecular flexibility index (Phi) is 4.98. The fraction of sp³-hybridized carbons (Fsp3) is 0.111. The number of amides is 2. The molecule has 27 heavy (non-hydrogen) atoms. The Labute approximate surface area is 155 Å². The van der Waals surface area contributed by atoms with Crippen molar-refractivity contribution in [3.8, 4) is 22.6 Å². The summed E-state index contributed by atoms with van der Waals surface area (Å²) in [5.74, 6) is 0.291. The molecule has 8 nitrogen and oxygen atoms in total. The first-order valence-electron chi connectivity index (χ1n) is 7.88. The van der Waals surface area contributed by atoms with Gasteiger partial charge in [-0.1, -0.05) is 30.3 Å². The molecule has 140 valence electrons. The van der Waals surface area contributed by atoms with Gasteiger partial charge in [0, 0.05) is 24.4 Å². The Morgan fingerprint density at radius 1 is 1.07 bits per heavy atom. The van der Waals surface area contributed by atoms with Gasteiger partial charge in [-0.15, -0.1) is 5.06 Å². The maximum absolute atomic E-state index is 11.7. The maximum Gasteiger partial charge on any atom is 0.349 e. The van der Waals surface area contributed by atoms with Crippen LogP contribution >= 0.6 is 0 Å². The van der Waals surface area contributed by atoms with Gasteiger partial charge in [0.1, 0.15) is 5.69 Å². The summed E-state index contributed by atoms with van der Waals surface area (Å²) in [5.41, 5.74) is 1.66. The van der Waals surface area contributed by atoms with Crippen LogP contribution in [0.4, 0.5) is 10.8 Å². The zero-order valence-electron chi connectivity index (χ0n) is 14.6. The molecule has 3 rings (SSSR count). The van der Waals surface area contributed by atoms with Crippen molar-refractivity contribution in [2.24, 2.45) is 0 Å². The summed E-state index contributed by atoms with van der Waals surface area (Å²) in [6, 6.07) is 14.0. The number of hydroxylamine groups is 1. The molecule has 0 unspecified atom stereocenters. The lowest BCUT2D eigenvalue weighted by Crippen LogP contribution is -2.35. The molecule has 1 aromatic heterocycles. The third-order valence-electron chi connectivity index (χ3n) is 3.80. The van der Waals surface area contributed by atoms with Crippen molar-refractivity contribution in [2.75, 3.05) is 18.4 Å². The van der Waals surface area contributed by atoms with Crippen LogP contribution in [0, 0.1) is 0 Å². The van der Waals surface area contributed by atoms with E-state index in [1.807, 2.05) is 18.2 Å². The van der Waals surface area contributed by atoms with Gasteiger partial charge in [0.2, 0.25) is 0 Å². The Morgan fingerprint density at radius 2 is 1.70 bits per heavy atom. The second-order valence-corrected chi connectivity index (χ2v) is 7.72. The predicted molar refractivity (Wildman–Crippen MR) is 99.2 cm³/mol. The SMILES string of the molecule is CNC(=O)N(O)c1nc(-c2ccccc2)c(-c2ccc(S(C)(=O)=O)cc2)o1. The van der Waals surface area contributed by atoms with Crippen molar-refractivity contribution in [1.82, 2.24) is 10.3 Å². The predicted octanol–water partition coefficient (Wildman–Crippen LogP) is 2.95. The van der Waals surface area contributed by atoms with Crippen LogP contribution in [0.15, 0.2) is 63.9 Å². The Bertz CT molecular complexity index is 1060. The summed E-state index contributed by atoms with van der Waals surface area (Å²) in [4.78, 5) is 16.1. The summed E-state index contributed by atoms with van der Waals surface area (Å²) in [6.07, 6.45) is 1.12. The highest BCUT2D eigenvalue weighted by Crippen LogP contribution is 2.35. The topological polar surface area (TPSA) is 113 Å². The molecule has 3 aromatic rings. The highest BCUT2D eigenvalue weighted by Gasteiger charge is 2.23. The zero-order chi connectivity index (χ0) is 19.6. The largest absolute Gasteiger partial charge is 0.421 e. The van der Waals surface area contributed by atoms with Crippen molar-refractivity contribution in [3.63, 3.8) is 0 Å². The minimum atomic E-state index is -3.33. The third kappa shape index (κ3) is 3.83. The number of aromatic nitrogens is 1. The molecule has 0 aliphatic rings. The summed E-state index contributed by atoms with van der Waals surface area (Å²) >= 11 is 0. The maximum atomic E-state index is 11.7. The van der Waals surface area contributed by atoms with Gasteiger partial charge in [0.05, 0.1) is 4.90 Å². The fourth-order valence-corrected chi connectivity index (χ4v) is 3.06. The average molecular weight is 387 g/mol. The van der Waals surface area contributed by atoms with E-state index in [4.69, 9.17) is 4.42 Å². The quantitative estimate of drug-likeness (QED) is 0.526. The van der Waals surface area contributed by atoms with Crippen LogP contribution in [0.2, 0.25) is 0 Å². The lowest BCUT2D eigenvalue weighted by molar-refractivity contribution is 0.197. The van der Waals surface area contributed by atoms with Crippen LogP contribution in [0.25, 0.3) is 22.6 Å². The molecule has 0 saturated carbocycles. The standard InChI is InChI=1S/C18H17N3O5S/c1-19-17(22)21(23)18-20-15(12-6-4-3-5-7-12)16(26-18)13-8-10-14(11-9-13)27(2,24)25/h3-11,23H,1-2H3,(H,19,22). The molecule has 0 aliphatic heterocycles. The van der Waals surface area contributed by atoms with E-state index < -0.39 is 15.9 Å². The highest BCUT2D eigenvalue weighted by atomic mass is 32.2. The van der Waals surface area contributed by atoms with Gasteiger partial charge >= 0.3 is 12.0 Å². The lowest BCUT2D eigenvalue weighted by Gasteiger charge is -2.08. The molecule has 0 fully saturated rings. The van der Waals surface area contributed by atoms with Gasteiger partial charge in [-0.25, -0.2) is 13.2 Å². The monoisotopic (exact) mass is 387 g/mol. The fourth-order valence-electron chi connectivity index (χ4n) is 2.43. The number of nitrogens with zero attached hydrogens (tertiary/aromatic N) is 2. The van der Waals surface area contributed by atoms with Crippen molar-refractivity contribution in [2.45, 2.75) is 4.90 Å². The van der Waals surface area contributed by atoms with Crippen LogP contribution in [0.3, 0.4) is 0 Å². The van der Waals surface area contributed by atoms with Crippen molar-refractivity contribution < 1.29 is 22.8 Å². The molecule has 0 aliphatic carbocycles. The molecule has 2 amide bonds. The van der Waals surface area contributed by atoms with Gasteiger partial charge in [-0.2, -0.15) is 4.98 Å². The van der Waals surface area contributed by atoms with Crippen LogP contribution < -0.4 is 10.4 Å². The number of rotatable bonds is 4. The van der Waals surface area contributed by atoms with E-state index in [2.05, 4.69) is 10.3 Å². The summed E-state index contributed by atoms with van der Waals surface area (Å²) in [6.45, 7) is 0. The number of carbonyl (C=O) groups excluding carboxylic acids is 1. The number of anilines is 1. The van der Waals surface area contributed by atoms with Crippen LogP contribution in [0.5, 0.6) is 0 Å². The number of sulfone groups is 1. The number of hydrogen-bond acceptors (Lipinski definition) is 6. The van der Waals surface area contributed by atoms with E-state index in [9.17, 15) is 18.4 Å². The first kappa shape index (κ1) is 18.6. The molecule has 1 heterocycles. The van der Waals surface area contributed by atoms with Gasteiger partial charge < -0.3 is 9.73 Å². The van der Waals surface area contributed by atoms with E-state index in [-0.39, 0.29) is 16.0 Å². The van der Waals surface area contributed by atoms with Crippen molar-refractivity contribution in [1.29, 1.82) is 0 Å². The van der Waals surface area contributed by atoms with Gasteiger partial charge in [0.15, 0.2) is 15.6 Å². The third-order valence-corrected chi connectivity index (χ3v) is 4.92. The summed E-state index contributed by atoms with van der Waals surface area (Å²) < 4.78 is 28.9. The van der Waals surface area contributed by atoms with Crippen molar-refractivity contribution in [3.05, 3.63) is 54.6 Å². The van der Waals surface area contributed by atoms with E-state index in [0.29, 0.717) is 22.6 Å². The normalized spacial score (nSPS) is 11.2. The molecule has 0 saturated heterocycles. The average Bonchev–Trinajstić information content (AvgIpc) is 3.12. The Balaban J connectivity index is 2.13. The Hall–Kier alpha value is -3.17. The molecular formula is C18H17N3O5S. The lowest BCUT2D eigenvalue weighted by atomic mass is 10.1. The Morgan fingerprint density at radius 3 is 2.26 bits per heavy atom. The van der Waals surface area contributed by atoms with Gasteiger partial charge in [0.25, 0.3) is 0 Å². The molecule has 2 aromatic carbocycles. The number of carbonyl (C=O) groups is 1. The smallest absolute Gasteiger partial charge is 0.349 e. The molecule has 0 bridgehead atoms. The molecule has 0 atom stereocenters. The number of hydrogen-bond donors (Lipinski definition) is 2. The summed E-state index contributed by atoms with van der Waals surface area (Å²) in [5, 5.41) is 12.5. The van der Waals surface area contributed by atoms with Crippen LogP contribution in [-0.4, -0.2) is 37.9 Å². The minimum absolute atomic E-state index is 0.168. The first-order chi connectivity index (χ1) is 12.8. The van der Waals surface area contributed by atoms with Crippen LogP contribution in [0.1, 0.15) is 0 Å². The second-order valence-electron chi connectivity index (χ2n) is 5.70. The van der Waals surface area contributed by atoms with E-state index >= 15 is 0 Å². The minimum Gasteiger partial charge on any atom is -0.421 e. The summed E-state index contributed by atoms with van der Waals surface area (Å²) in [7, 11) is -1.98. The molecule has 9 heteroatoms. The number of urea groups is 1. The first-order valence-corrected chi connectivity index (χ1v) is 9.78. The zero-order valence-corrected chi connectivity index (χ0v) is 15.4. The number of benzene rings is 2. The number of nitrogens with one attached hydrogen (secondary N) is 1. The van der Waals surface area contributed by atoms with E-state index in [0.717, 1.165) is 6.26 Å². The molecular weight excluding hydrogens is 370 g/mol.